The molecule has 34 valence electrons. The van der Waals surface area contributed by atoms with Crippen LogP contribution in [0.5, 0.6) is 0 Å². The SMILES string of the molecule is N/N=C/C(N)=O. The number of nitrogens with zero attached hydrogens (tertiary/aromatic N) is 1. The Hall–Kier alpha value is -1.06. The molecule has 0 fully saturated rings. The summed E-state index contributed by atoms with van der Waals surface area (Å²) in [5, 5.41) is 2.84. The smallest absolute Gasteiger partial charge is 0.261 e. The number of nitrogens with two attached hydrogens (primary N) is 2. The molecule has 0 atom stereocenters. The Labute approximate surface area is 34.8 Å². The first-order valence-electron chi connectivity index (χ1n) is 1.30. The molecule has 0 aromatic carbocycles. The van der Waals surface area contributed by atoms with Gasteiger partial charge in [-0.05, 0) is 0 Å². The minimum absolute atomic E-state index is 0.627. The zero-order valence-electron chi connectivity index (χ0n) is 3.09. The van der Waals surface area contributed by atoms with E-state index < -0.39 is 5.91 Å². The van der Waals surface area contributed by atoms with Crippen molar-refractivity contribution in [2.24, 2.45) is 16.7 Å². The second kappa shape index (κ2) is 2.19. The molecule has 0 aromatic rings. The molecule has 0 unspecified atom stereocenters. The lowest BCUT2D eigenvalue weighted by Crippen LogP contribution is -2.12. The zero-order valence-corrected chi connectivity index (χ0v) is 3.09. The molecule has 0 aromatic heterocycles. The maximum atomic E-state index is 9.59. The Balaban J connectivity index is 3.30. The van der Waals surface area contributed by atoms with Gasteiger partial charge < -0.3 is 11.6 Å². The van der Waals surface area contributed by atoms with Gasteiger partial charge in [-0.15, -0.1) is 0 Å². The summed E-state index contributed by atoms with van der Waals surface area (Å²) in [7, 11) is 0. The molecule has 0 aliphatic heterocycles. The van der Waals surface area contributed by atoms with Gasteiger partial charge in [0.05, 0.1) is 0 Å². The molecule has 0 saturated heterocycles. The quantitative estimate of drug-likeness (QED) is 0.230. The van der Waals surface area contributed by atoms with Crippen molar-refractivity contribution in [1.29, 1.82) is 0 Å². The predicted molar refractivity (Wildman–Crippen MR) is 21.9 cm³/mol. The molecule has 0 aliphatic rings. The number of rotatable bonds is 1. The molecule has 1 amide bonds. The molecule has 0 bridgehead atoms. The Morgan fingerprint density at radius 3 is 2.33 bits per heavy atom. The summed E-state index contributed by atoms with van der Waals surface area (Å²) in [6, 6.07) is 0. The standard InChI is InChI=1S/C2H5N3O/c3-2(6)1-5-4/h1H,4H2,(H2,3,6)/b5-1+. The van der Waals surface area contributed by atoms with Gasteiger partial charge in [-0.2, -0.15) is 5.10 Å². The lowest BCUT2D eigenvalue weighted by atomic mass is 10.7. The van der Waals surface area contributed by atoms with E-state index in [2.05, 4.69) is 16.7 Å². The summed E-state index contributed by atoms with van der Waals surface area (Å²) in [5.74, 6) is 3.87. The van der Waals surface area contributed by atoms with Gasteiger partial charge in [0.2, 0.25) is 0 Å². The number of primary amides is 1. The van der Waals surface area contributed by atoms with Crippen LogP contribution in [0.25, 0.3) is 0 Å². The highest BCUT2D eigenvalue weighted by Crippen LogP contribution is 1.40. The fourth-order valence-electron chi connectivity index (χ4n) is 0.0735. The van der Waals surface area contributed by atoms with Gasteiger partial charge in [0.25, 0.3) is 5.91 Å². The van der Waals surface area contributed by atoms with Crippen LogP contribution in [0.15, 0.2) is 5.10 Å². The van der Waals surface area contributed by atoms with Crippen LogP contribution in [0.4, 0.5) is 0 Å². The largest absolute Gasteiger partial charge is 0.365 e. The van der Waals surface area contributed by atoms with Crippen LogP contribution in [-0.2, 0) is 4.79 Å². The van der Waals surface area contributed by atoms with Gasteiger partial charge in [-0.3, -0.25) is 4.79 Å². The summed E-state index contributed by atoms with van der Waals surface area (Å²) in [6.07, 6.45) is 0.833. The van der Waals surface area contributed by atoms with E-state index in [1.54, 1.807) is 0 Å². The van der Waals surface area contributed by atoms with E-state index in [-0.39, 0.29) is 0 Å². The number of amides is 1. The summed E-state index contributed by atoms with van der Waals surface area (Å²) < 4.78 is 0. The van der Waals surface area contributed by atoms with E-state index in [4.69, 9.17) is 0 Å². The third-order valence-electron chi connectivity index (χ3n) is 0.202. The van der Waals surface area contributed by atoms with Crippen molar-refractivity contribution in [3.05, 3.63) is 0 Å². The first-order chi connectivity index (χ1) is 2.77. The first-order valence-corrected chi connectivity index (χ1v) is 1.30. The minimum Gasteiger partial charge on any atom is -0.365 e. The highest BCUT2D eigenvalue weighted by Gasteiger charge is 1.75. The molecule has 0 rings (SSSR count). The summed E-state index contributed by atoms with van der Waals surface area (Å²) in [6.45, 7) is 0. The van der Waals surface area contributed by atoms with Gasteiger partial charge in [-0.1, -0.05) is 0 Å². The highest BCUT2D eigenvalue weighted by molar-refractivity contribution is 6.25. The monoisotopic (exact) mass is 87.0 g/mol. The molecule has 4 nitrogen and oxygen atoms in total. The normalized spacial score (nSPS) is 9.33. The van der Waals surface area contributed by atoms with Gasteiger partial charge in [-0.25, -0.2) is 0 Å². The zero-order chi connectivity index (χ0) is 4.99. The Bertz CT molecular complexity index is 76.9. The van der Waals surface area contributed by atoms with Crippen molar-refractivity contribution in [3.63, 3.8) is 0 Å². The van der Waals surface area contributed by atoms with Gasteiger partial charge >= 0.3 is 0 Å². The van der Waals surface area contributed by atoms with Crippen molar-refractivity contribution in [2.45, 2.75) is 0 Å². The number of hydrogen-bond donors (Lipinski definition) is 2. The van der Waals surface area contributed by atoms with E-state index in [9.17, 15) is 4.79 Å². The number of hydrogen-bond acceptors (Lipinski definition) is 3. The maximum Gasteiger partial charge on any atom is 0.261 e. The fourth-order valence-corrected chi connectivity index (χ4v) is 0.0735. The van der Waals surface area contributed by atoms with Crippen molar-refractivity contribution < 1.29 is 4.79 Å². The highest BCUT2D eigenvalue weighted by atomic mass is 16.1. The molecule has 0 heterocycles. The summed E-state index contributed by atoms with van der Waals surface area (Å²) >= 11 is 0. The first kappa shape index (κ1) is 4.94. The predicted octanol–water partition coefficient (Wildman–Crippen LogP) is -1.58. The van der Waals surface area contributed by atoms with Gasteiger partial charge in [0, 0.05) is 0 Å². The summed E-state index contributed by atoms with van der Waals surface area (Å²) in [5.41, 5.74) is 4.53. The lowest BCUT2D eigenvalue weighted by molar-refractivity contribution is -0.111. The average molecular weight is 87.1 g/mol. The molecule has 0 spiro atoms. The molecule has 4 N–H and O–H groups in total. The molecule has 0 aliphatic carbocycles. The fraction of sp³-hybridized carbons (Fsp3) is 0. The van der Waals surface area contributed by atoms with Crippen molar-refractivity contribution in [1.82, 2.24) is 0 Å². The second-order valence-corrected chi connectivity index (χ2v) is 0.681. The van der Waals surface area contributed by atoms with Crippen LogP contribution in [0.3, 0.4) is 0 Å². The number of hydrazone groups is 1. The van der Waals surface area contributed by atoms with Crippen molar-refractivity contribution in [2.75, 3.05) is 0 Å². The maximum absolute atomic E-state index is 9.59. The lowest BCUT2D eigenvalue weighted by Gasteiger charge is -1.70. The Kier molecular flexibility index (Phi) is 1.81. The van der Waals surface area contributed by atoms with Crippen molar-refractivity contribution >= 4 is 12.1 Å². The topological polar surface area (TPSA) is 81.5 Å². The number of carbonyl (C=O) groups is 1. The van der Waals surface area contributed by atoms with Crippen LogP contribution in [0.1, 0.15) is 0 Å². The molecule has 4 heteroatoms. The number of carbonyl (C=O) groups excluding carboxylic acids is 1. The third kappa shape index (κ3) is 2.94. The molecule has 6 heavy (non-hydrogen) atoms. The van der Waals surface area contributed by atoms with Crippen LogP contribution in [0.2, 0.25) is 0 Å². The van der Waals surface area contributed by atoms with E-state index in [1.165, 1.54) is 0 Å². The Morgan fingerprint density at radius 1 is 1.83 bits per heavy atom. The van der Waals surface area contributed by atoms with Crippen LogP contribution >= 0.6 is 0 Å². The molecule has 0 radical (unpaired) electrons. The van der Waals surface area contributed by atoms with Crippen LogP contribution in [-0.4, -0.2) is 12.1 Å². The average Bonchev–Trinajstić information content (AvgIpc) is 1.35. The van der Waals surface area contributed by atoms with Crippen LogP contribution in [0, 0.1) is 0 Å². The van der Waals surface area contributed by atoms with Crippen molar-refractivity contribution in [3.8, 4) is 0 Å². The summed E-state index contributed by atoms with van der Waals surface area (Å²) in [4.78, 5) is 9.59. The molecular weight excluding hydrogens is 82.0 g/mol. The van der Waals surface area contributed by atoms with E-state index in [0.29, 0.717) is 0 Å². The van der Waals surface area contributed by atoms with Gasteiger partial charge in [0.1, 0.15) is 6.21 Å². The minimum atomic E-state index is -0.627. The third-order valence-corrected chi connectivity index (χ3v) is 0.202. The van der Waals surface area contributed by atoms with Gasteiger partial charge in [0.15, 0.2) is 0 Å². The Morgan fingerprint density at radius 2 is 2.33 bits per heavy atom. The van der Waals surface area contributed by atoms with E-state index in [1.807, 2.05) is 0 Å². The molecular formula is C2H5N3O. The van der Waals surface area contributed by atoms with Crippen LogP contribution < -0.4 is 11.6 Å². The second-order valence-electron chi connectivity index (χ2n) is 0.681. The molecule has 0 saturated carbocycles. The van der Waals surface area contributed by atoms with E-state index >= 15 is 0 Å². The van der Waals surface area contributed by atoms with E-state index in [0.717, 1.165) is 6.21 Å².